The molecular weight excluding hydrogens is 386 g/mol. The first-order valence-corrected chi connectivity index (χ1v) is 12.4. The molecule has 1 saturated carbocycles. The molecule has 0 unspecified atom stereocenters. The van der Waals surface area contributed by atoms with Crippen LogP contribution in [0, 0.1) is 5.92 Å². The second-order valence-corrected chi connectivity index (χ2v) is 9.91. The number of amides is 1. The number of imidazole rings is 1. The average molecular weight is 424 g/mol. The van der Waals surface area contributed by atoms with E-state index < -0.39 is 0 Å². The van der Waals surface area contributed by atoms with Crippen molar-refractivity contribution in [2.45, 2.75) is 64.5 Å². The Morgan fingerprint density at radius 3 is 2.45 bits per heavy atom. The van der Waals surface area contributed by atoms with Crippen LogP contribution < -0.4 is 0 Å². The van der Waals surface area contributed by atoms with Gasteiger partial charge in [-0.3, -0.25) is 14.6 Å². The molecule has 31 heavy (non-hydrogen) atoms. The zero-order chi connectivity index (χ0) is 21.2. The van der Waals surface area contributed by atoms with Gasteiger partial charge in [-0.15, -0.1) is 0 Å². The van der Waals surface area contributed by atoms with E-state index in [4.69, 9.17) is 4.98 Å². The summed E-state index contributed by atoms with van der Waals surface area (Å²) in [4.78, 5) is 25.6. The molecule has 2 aliphatic heterocycles. The van der Waals surface area contributed by atoms with E-state index in [0.717, 1.165) is 69.1 Å². The first-order chi connectivity index (χ1) is 15.2. The molecule has 1 amide bonds. The van der Waals surface area contributed by atoms with E-state index in [1.54, 1.807) is 0 Å². The fraction of sp³-hybridized carbons (Fsp3) is 0.680. The van der Waals surface area contributed by atoms with E-state index in [1.165, 1.54) is 44.9 Å². The molecule has 0 radical (unpaired) electrons. The van der Waals surface area contributed by atoms with Crippen LogP contribution in [0.4, 0.5) is 0 Å². The maximum Gasteiger partial charge on any atom is 0.274 e. The predicted octanol–water partition coefficient (Wildman–Crippen LogP) is 3.66. The summed E-state index contributed by atoms with van der Waals surface area (Å²) < 4.78 is 2.13. The van der Waals surface area contributed by atoms with Gasteiger partial charge in [0.15, 0.2) is 5.69 Å². The summed E-state index contributed by atoms with van der Waals surface area (Å²) in [6.07, 6.45) is 11.3. The fourth-order valence-electron chi connectivity index (χ4n) is 5.69. The molecule has 0 atom stereocenters. The van der Waals surface area contributed by atoms with Crippen LogP contribution in [0.15, 0.2) is 24.4 Å². The minimum Gasteiger partial charge on any atom is -0.335 e. The number of hydrogen-bond donors (Lipinski definition) is 0. The van der Waals surface area contributed by atoms with Crippen LogP contribution in [0.1, 0.15) is 68.1 Å². The molecule has 2 saturated heterocycles. The van der Waals surface area contributed by atoms with Crippen molar-refractivity contribution in [3.8, 4) is 0 Å². The van der Waals surface area contributed by atoms with Gasteiger partial charge in [-0.1, -0.05) is 32.3 Å². The molecule has 0 N–H and O–H groups in total. The van der Waals surface area contributed by atoms with Crippen molar-refractivity contribution >= 4 is 11.6 Å². The average Bonchev–Trinajstić information content (AvgIpc) is 3.19. The lowest BCUT2D eigenvalue weighted by atomic mass is 9.94. The maximum atomic E-state index is 13.6. The lowest BCUT2D eigenvalue weighted by molar-refractivity contribution is 0.0516. The molecule has 1 aliphatic carbocycles. The number of likely N-dealkylation sites (tertiary alicyclic amines) is 1. The Morgan fingerprint density at radius 1 is 0.968 bits per heavy atom. The molecule has 2 aromatic heterocycles. The predicted molar refractivity (Wildman–Crippen MR) is 123 cm³/mol. The number of carbonyl (C=O) groups excluding carboxylic acids is 1. The Labute approximate surface area is 186 Å². The Bertz CT molecular complexity index is 886. The van der Waals surface area contributed by atoms with Crippen molar-refractivity contribution < 1.29 is 4.79 Å². The Kier molecular flexibility index (Phi) is 6.28. The molecule has 6 heteroatoms. The van der Waals surface area contributed by atoms with Crippen LogP contribution in [-0.4, -0.2) is 75.3 Å². The van der Waals surface area contributed by atoms with Crippen LogP contribution in [-0.2, 0) is 6.54 Å². The zero-order valence-corrected chi connectivity index (χ0v) is 19.0. The van der Waals surface area contributed by atoms with Crippen molar-refractivity contribution in [3.63, 3.8) is 0 Å². The first kappa shape index (κ1) is 21.0. The molecule has 0 bridgehead atoms. The van der Waals surface area contributed by atoms with Gasteiger partial charge in [0.05, 0.1) is 5.69 Å². The molecule has 3 fully saturated rings. The van der Waals surface area contributed by atoms with E-state index in [-0.39, 0.29) is 5.91 Å². The molecule has 3 aliphatic rings. The Balaban J connectivity index is 1.31. The van der Waals surface area contributed by atoms with Crippen LogP contribution in [0.2, 0.25) is 0 Å². The molecular formula is C25H37N5O. The van der Waals surface area contributed by atoms with Crippen LogP contribution in [0.5, 0.6) is 0 Å². The second kappa shape index (κ2) is 9.29. The standard InChI is InChI=1S/C25H37N5O/c1-20-10-13-27(14-11-20)19-22-24(26-23-9-5-6-12-30(22)23)25(31)29-17-15-28(16-18-29)21-7-3-2-4-8-21/h5-6,9,12,20-21H,2-4,7-8,10-11,13-19H2,1H3. The highest BCUT2D eigenvalue weighted by molar-refractivity contribution is 5.94. The lowest BCUT2D eigenvalue weighted by Crippen LogP contribution is -2.52. The second-order valence-electron chi connectivity index (χ2n) is 9.91. The van der Waals surface area contributed by atoms with E-state index in [2.05, 4.69) is 27.3 Å². The van der Waals surface area contributed by atoms with Gasteiger partial charge >= 0.3 is 0 Å². The summed E-state index contributed by atoms with van der Waals surface area (Å²) >= 11 is 0. The van der Waals surface area contributed by atoms with Crippen LogP contribution in [0.25, 0.3) is 5.65 Å². The number of aromatic nitrogens is 2. The number of carbonyl (C=O) groups is 1. The number of pyridine rings is 1. The van der Waals surface area contributed by atoms with Crippen LogP contribution >= 0.6 is 0 Å². The monoisotopic (exact) mass is 423 g/mol. The number of hydrogen-bond acceptors (Lipinski definition) is 4. The molecule has 0 aromatic carbocycles. The van der Waals surface area contributed by atoms with Crippen molar-refractivity contribution in [3.05, 3.63) is 35.8 Å². The topological polar surface area (TPSA) is 44.1 Å². The summed E-state index contributed by atoms with van der Waals surface area (Å²) in [6.45, 7) is 9.01. The quantitative estimate of drug-likeness (QED) is 0.753. The number of rotatable bonds is 4. The van der Waals surface area contributed by atoms with Gasteiger partial charge in [0.1, 0.15) is 5.65 Å². The molecule has 168 valence electrons. The van der Waals surface area contributed by atoms with Gasteiger partial charge in [-0.25, -0.2) is 4.98 Å². The number of fused-ring (bicyclic) bond motifs is 1. The van der Waals surface area contributed by atoms with Crippen molar-refractivity contribution in [1.29, 1.82) is 0 Å². The summed E-state index contributed by atoms with van der Waals surface area (Å²) in [5, 5.41) is 0. The summed E-state index contributed by atoms with van der Waals surface area (Å²) in [7, 11) is 0. The Morgan fingerprint density at radius 2 is 1.71 bits per heavy atom. The summed E-state index contributed by atoms with van der Waals surface area (Å²) in [5.41, 5.74) is 2.60. The van der Waals surface area contributed by atoms with Gasteiger partial charge in [0.2, 0.25) is 0 Å². The van der Waals surface area contributed by atoms with Gasteiger partial charge < -0.3 is 9.30 Å². The van der Waals surface area contributed by atoms with Crippen molar-refractivity contribution in [2.24, 2.45) is 5.92 Å². The largest absolute Gasteiger partial charge is 0.335 e. The third-order valence-corrected chi connectivity index (χ3v) is 7.77. The maximum absolute atomic E-state index is 13.6. The fourth-order valence-corrected chi connectivity index (χ4v) is 5.69. The first-order valence-electron chi connectivity index (χ1n) is 12.4. The van der Waals surface area contributed by atoms with E-state index in [9.17, 15) is 4.79 Å². The SMILES string of the molecule is CC1CCN(Cc2c(C(=O)N3CCN(C4CCCCC4)CC3)nc3ccccn23)CC1. The molecule has 5 rings (SSSR count). The highest BCUT2D eigenvalue weighted by atomic mass is 16.2. The van der Waals surface area contributed by atoms with Gasteiger partial charge in [0, 0.05) is 45.0 Å². The third kappa shape index (κ3) is 4.51. The molecule has 0 spiro atoms. The number of nitrogens with zero attached hydrogens (tertiary/aromatic N) is 5. The smallest absolute Gasteiger partial charge is 0.274 e. The normalized spacial score (nSPS) is 22.9. The Hall–Kier alpha value is -1.92. The van der Waals surface area contributed by atoms with E-state index in [0.29, 0.717) is 5.69 Å². The van der Waals surface area contributed by atoms with Gasteiger partial charge in [-0.2, -0.15) is 0 Å². The zero-order valence-electron chi connectivity index (χ0n) is 19.0. The number of piperidine rings is 1. The molecule has 6 nitrogen and oxygen atoms in total. The highest BCUT2D eigenvalue weighted by Crippen LogP contribution is 2.25. The lowest BCUT2D eigenvalue weighted by Gasteiger charge is -2.40. The third-order valence-electron chi connectivity index (χ3n) is 7.77. The van der Waals surface area contributed by atoms with E-state index >= 15 is 0 Å². The van der Waals surface area contributed by atoms with Gasteiger partial charge in [-0.05, 0) is 56.8 Å². The molecule has 2 aromatic rings. The van der Waals surface area contributed by atoms with Crippen molar-refractivity contribution in [2.75, 3.05) is 39.3 Å². The van der Waals surface area contributed by atoms with Crippen LogP contribution in [0.3, 0.4) is 0 Å². The highest BCUT2D eigenvalue weighted by Gasteiger charge is 2.30. The minimum absolute atomic E-state index is 0.118. The van der Waals surface area contributed by atoms with E-state index in [1.807, 2.05) is 23.1 Å². The number of piperazine rings is 1. The summed E-state index contributed by atoms with van der Waals surface area (Å²) in [6, 6.07) is 6.79. The van der Waals surface area contributed by atoms with Gasteiger partial charge in [0.25, 0.3) is 5.91 Å². The summed E-state index contributed by atoms with van der Waals surface area (Å²) in [5.74, 6) is 0.923. The molecule has 4 heterocycles. The van der Waals surface area contributed by atoms with Crippen molar-refractivity contribution in [1.82, 2.24) is 24.1 Å². The minimum atomic E-state index is 0.118.